The lowest BCUT2D eigenvalue weighted by molar-refractivity contribution is -0.140. The highest BCUT2D eigenvalue weighted by molar-refractivity contribution is 7.92. The van der Waals surface area contributed by atoms with Crippen LogP contribution in [0.4, 0.5) is 5.69 Å². The van der Waals surface area contributed by atoms with Crippen LogP contribution in [0.1, 0.15) is 39.2 Å². The van der Waals surface area contributed by atoms with Crippen LogP contribution in [0.5, 0.6) is 5.75 Å². The molecule has 11 heteroatoms. The van der Waals surface area contributed by atoms with E-state index in [4.69, 9.17) is 27.9 Å². The van der Waals surface area contributed by atoms with Crippen LogP contribution in [0.15, 0.2) is 77.7 Å². The van der Waals surface area contributed by atoms with Gasteiger partial charge in [-0.2, -0.15) is 0 Å². The zero-order chi connectivity index (χ0) is 30.0. The number of carbonyl (C=O) groups is 2. The molecule has 220 valence electrons. The summed E-state index contributed by atoms with van der Waals surface area (Å²) in [6, 6.07) is 18.3. The Labute approximate surface area is 252 Å². The predicted molar refractivity (Wildman–Crippen MR) is 163 cm³/mol. The van der Waals surface area contributed by atoms with Gasteiger partial charge in [0.15, 0.2) is 0 Å². The molecule has 1 N–H and O–H groups in total. The van der Waals surface area contributed by atoms with Crippen molar-refractivity contribution < 1.29 is 22.7 Å². The molecule has 0 saturated carbocycles. The number of benzene rings is 3. The minimum absolute atomic E-state index is 0.0273. The van der Waals surface area contributed by atoms with Crippen molar-refractivity contribution in [3.05, 3.63) is 88.4 Å². The fraction of sp³-hybridized carbons (Fsp3) is 0.333. The molecule has 0 spiro atoms. The molecule has 3 aromatic carbocycles. The van der Waals surface area contributed by atoms with Crippen LogP contribution in [-0.2, 0) is 26.2 Å². The number of amides is 2. The lowest BCUT2D eigenvalue weighted by Gasteiger charge is -2.33. The summed E-state index contributed by atoms with van der Waals surface area (Å²) in [6.45, 7) is 6.06. The largest absolute Gasteiger partial charge is 0.494 e. The van der Waals surface area contributed by atoms with Gasteiger partial charge in [0.25, 0.3) is 10.0 Å². The molecule has 0 aliphatic heterocycles. The molecule has 2 amide bonds. The Kier molecular flexibility index (Phi) is 11.9. The van der Waals surface area contributed by atoms with Crippen LogP contribution in [0.2, 0.25) is 10.0 Å². The van der Waals surface area contributed by atoms with Crippen LogP contribution in [0.25, 0.3) is 0 Å². The number of rotatable bonds is 14. The van der Waals surface area contributed by atoms with E-state index < -0.39 is 28.5 Å². The van der Waals surface area contributed by atoms with Gasteiger partial charge in [-0.25, -0.2) is 8.42 Å². The van der Waals surface area contributed by atoms with Gasteiger partial charge in [0.05, 0.1) is 17.2 Å². The smallest absolute Gasteiger partial charge is 0.264 e. The number of anilines is 1. The molecular weight excluding hydrogens is 585 g/mol. The first-order chi connectivity index (χ1) is 19.6. The zero-order valence-corrected chi connectivity index (χ0v) is 25.7. The molecule has 1 atom stereocenters. The fourth-order valence-corrected chi connectivity index (χ4v) is 5.88. The van der Waals surface area contributed by atoms with Crippen molar-refractivity contribution in [2.75, 3.05) is 24.0 Å². The number of sulfonamides is 1. The Morgan fingerprint density at radius 2 is 1.46 bits per heavy atom. The standard InChI is InChI=1S/C30H35Cl2N3O5S/c1-4-19-33-30(37)28(5-2)34(20-22-7-9-23(31)10-8-22)29(36)21-35(25-13-15-26(16-14-25)40-6-3)41(38,39)27-17-11-24(32)12-18-27/h7-18,28H,4-6,19-21H2,1-3H3,(H,33,37)/t28-/m1/s1. The highest BCUT2D eigenvalue weighted by Gasteiger charge is 2.33. The summed E-state index contributed by atoms with van der Waals surface area (Å²) in [4.78, 5) is 28.6. The summed E-state index contributed by atoms with van der Waals surface area (Å²) in [6.07, 6.45) is 1.07. The topological polar surface area (TPSA) is 96.0 Å². The summed E-state index contributed by atoms with van der Waals surface area (Å²) in [5.74, 6) is -0.274. The minimum atomic E-state index is -4.20. The first-order valence-corrected chi connectivity index (χ1v) is 15.6. The molecule has 0 aliphatic carbocycles. The van der Waals surface area contributed by atoms with Crippen molar-refractivity contribution in [1.29, 1.82) is 0 Å². The maximum absolute atomic E-state index is 14.0. The first-order valence-electron chi connectivity index (χ1n) is 13.4. The maximum atomic E-state index is 14.0. The number of nitrogens with zero attached hydrogens (tertiary/aromatic N) is 2. The number of hydrogen-bond donors (Lipinski definition) is 1. The number of carbonyl (C=O) groups excluding carboxylic acids is 2. The number of hydrogen-bond acceptors (Lipinski definition) is 5. The zero-order valence-electron chi connectivity index (χ0n) is 23.3. The van der Waals surface area contributed by atoms with Gasteiger partial charge in [-0.1, -0.05) is 49.2 Å². The molecule has 0 heterocycles. The number of nitrogens with one attached hydrogen (secondary N) is 1. The van der Waals surface area contributed by atoms with Gasteiger partial charge in [-0.15, -0.1) is 0 Å². The van der Waals surface area contributed by atoms with Gasteiger partial charge in [-0.05, 0) is 86.0 Å². The monoisotopic (exact) mass is 619 g/mol. The van der Waals surface area contributed by atoms with E-state index >= 15 is 0 Å². The third kappa shape index (κ3) is 8.61. The van der Waals surface area contributed by atoms with Crippen LogP contribution < -0.4 is 14.4 Å². The van der Waals surface area contributed by atoms with E-state index in [0.29, 0.717) is 35.4 Å². The third-order valence-corrected chi connectivity index (χ3v) is 8.61. The average Bonchev–Trinajstić information content (AvgIpc) is 2.96. The van der Waals surface area contributed by atoms with Gasteiger partial charge in [0, 0.05) is 23.1 Å². The Morgan fingerprint density at radius 1 is 0.878 bits per heavy atom. The van der Waals surface area contributed by atoms with E-state index in [-0.39, 0.29) is 23.0 Å². The Balaban J connectivity index is 2.04. The van der Waals surface area contributed by atoms with E-state index in [2.05, 4.69) is 5.32 Å². The van der Waals surface area contributed by atoms with E-state index in [0.717, 1.165) is 16.3 Å². The molecular formula is C30H35Cl2N3O5S. The van der Waals surface area contributed by atoms with Gasteiger partial charge in [0.1, 0.15) is 18.3 Å². The molecule has 0 bridgehead atoms. The van der Waals surface area contributed by atoms with Gasteiger partial charge in [0.2, 0.25) is 11.8 Å². The first kappa shape index (κ1) is 32.2. The average molecular weight is 621 g/mol. The Bertz CT molecular complexity index is 1400. The third-order valence-electron chi connectivity index (χ3n) is 6.32. The molecule has 0 fully saturated rings. The highest BCUT2D eigenvalue weighted by Crippen LogP contribution is 2.27. The molecule has 0 aromatic heterocycles. The maximum Gasteiger partial charge on any atom is 0.264 e. The van der Waals surface area contributed by atoms with Gasteiger partial charge < -0.3 is 15.0 Å². The molecule has 0 saturated heterocycles. The summed E-state index contributed by atoms with van der Waals surface area (Å²) in [5.41, 5.74) is 1.02. The summed E-state index contributed by atoms with van der Waals surface area (Å²) in [7, 11) is -4.20. The second-order valence-corrected chi connectivity index (χ2v) is 12.0. The van der Waals surface area contributed by atoms with Gasteiger partial charge >= 0.3 is 0 Å². The van der Waals surface area contributed by atoms with Crippen molar-refractivity contribution in [1.82, 2.24) is 10.2 Å². The van der Waals surface area contributed by atoms with Crippen LogP contribution in [-0.4, -0.2) is 50.9 Å². The molecule has 3 aromatic rings. The van der Waals surface area contributed by atoms with E-state index in [1.54, 1.807) is 48.5 Å². The van der Waals surface area contributed by atoms with Crippen molar-refractivity contribution in [2.24, 2.45) is 0 Å². The second-order valence-electron chi connectivity index (χ2n) is 9.26. The Morgan fingerprint density at radius 3 is 2.00 bits per heavy atom. The molecule has 3 rings (SSSR count). The van der Waals surface area contributed by atoms with Gasteiger partial charge in [-0.3, -0.25) is 13.9 Å². The quantitative estimate of drug-likeness (QED) is 0.242. The number of ether oxygens (including phenoxy) is 1. The van der Waals surface area contributed by atoms with Crippen molar-refractivity contribution in [3.8, 4) is 5.75 Å². The fourth-order valence-electron chi connectivity index (χ4n) is 4.21. The normalized spacial score (nSPS) is 11.9. The molecule has 41 heavy (non-hydrogen) atoms. The number of halogens is 2. The predicted octanol–water partition coefficient (Wildman–Crippen LogP) is 5.92. The van der Waals surface area contributed by atoms with E-state index in [9.17, 15) is 18.0 Å². The van der Waals surface area contributed by atoms with Crippen molar-refractivity contribution in [2.45, 2.75) is 51.1 Å². The highest BCUT2D eigenvalue weighted by atomic mass is 35.5. The summed E-state index contributed by atoms with van der Waals surface area (Å²) >= 11 is 12.1. The second kappa shape index (κ2) is 15.1. The lowest BCUT2D eigenvalue weighted by atomic mass is 10.1. The SMILES string of the molecule is CCCNC(=O)[C@@H](CC)N(Cc1ccc(Cl)cc1)C(=O)CN(c1ccc(OCC)cc1)S(=O)(=O)c1ccc(Cl)cc1. The molecule has 0 aliphatic rings. The van der Waals surface area contributed by atoms with Crippen LogP contribution in [0, 0.1) is 0 Å². The van der Waals surface area contributed by atoms with E-state index in [1.807, 2.05) is 20.8 Å². The van der Waals surface area contributed by atoms with Crippen LogP contribution >= 0.6 is 23.2 Å². The van der Waals surface area contributed by atoms with Crippen molar-refractivity contribution >= 4 is 50.7 Å². The summed E-state index contributed by atoms with van der Waals surface area (Å²) in [5, 5.41) is 3.78. The molecule has 8 nitrogen and oxygen atoms in total. The minimum Gasteiger partial charge on any atom is -0.494 e. The van der Waals surface area contributed by atoms with Crippen LogP contribution in [0.3, 0.4) is 0 Å². The molecule has 0 radical (unpaired) electrons. The molecule has 0 unspecified atom stereocenters. The Hall–Kier alpha value is -3.27. The van der Waals surface area contributed by atoms with E-state index in [1.165, 1.54) is 29.2 Å². The lowest BCUT2D eigenvalue weighted by Crippen LogP contribution is -2.52. The summed E-state index contributed by atoms with van der Waals surface area (Å²) < 4.78 is 34.4. The van der Waals surface area contributed by atoms with Crippen molar-refractivity contribution in [3.63, 3.8) is 0 Å².